The Labute approximate surface area is 178 Å². The average Bonchev–Trinajstić information content (AvgIpc) is 3.00. The molecule has 2 aromatic rings. The van der Waals surface area contributed by atoms with Gasteiger partial charge in [0, 0.05) is 0 Å². The number of benzene rings is 2. The lowest BCUT2D eigenvalue weighted by atomic mass is 10.2. The van der Waals surface area contributed by atoms with Crippen molar-refractivity contribution in [3.05, 3.63) is 77.2 Å². The lowest BCUT2D eigenvalue weighted by Gasteiger charge is -2.16. The number of carbonyl (C=O) groups is 2. The second-order valence-corrected chi connectivity index (χ2v) is 7.50. The third-order valence-corrected chi connectivity index (χ3v) is 5.21. The van der Waals surface area contributed by atoms with E-state index in [0.29, 0.717) is 28.6 Å². The third kappa shape index (κ3) is 4.85. The summed E-state index contributed by atoms with van der Waals surface area (Å²) >= 11 is 6.38. The molecule has 148 valence electrons. The predicted molar refractivity (Wildman–Crippen MR) is 118 cm³/mol. The smallest absolute Gasteiger partial charge is 0.285 e. The van der Waals surface area contributed by atoms with Gasteiger partial charge in [0.25, 0.3) is 11.8 Å². The largest absolute Gasteiger partial charge is 0.496 e. The van der Waals surface area contributed by atoms with Crippen molar-refractivity contribution in [2.45, 2.75) is 0 Å². The van der Waals surface area contributed by atoms with Crippen LogP contribution in [0.3, 0.4) is 0 Å². The number of thioether (sulfide) groups is 1. The fraction of sp³-hybridized carbons (Fsp3) is 0.0952. The summed E-state index contributed by atoms with van der Waals surface area (Å²) in [5.74, 6) is 0.238. The number of methoxy groups -OCH3 is 1. The first kappa shape index (κ1) is 20.6. The number of hydrogen-bond donors (Lipinski definition) is 1. The molecule has 6 nitrogen and oxygen atoms in total. The van der Waals surface area contributed by atoms with Crippen molar-refractivity contribution >= 4 is 46.2 Å². The lowest BCUT2D eigenvalue weighted by molar-refractivity contribution is -0.123. The van der Waals surface area contributed by atoms with Crippen LogP contribution >= 0.6 is 24.0 Å². The van der Waals surface area contributed by atoms with E-state index in [1.54, 1.807) is 48.6 Å². The van der Waals surface area contributed by atoms with E-state index in [4.69, 9.17) is 21.7 Å². The van der Waals surface area contributed by atoms with E-state index in [0.717, 1.165) is 22.3 Å². The molecule has 1 fully saturated rings. The van der Waals surface area contributed by atoms with E-state index in [1.165, 1.54) is 7.11 Å². The molecule has 0 radical (unpaired) electrons. The Balaban J connectivity index is 1.73. The number of amides is 2. The molecule has 29 heavy (non-hydrogen) atoms. The molecule has 2 aromatic carbocycles. The monoisotopic (exact) mass is 426 g/mol. The van der Waals surface area contributed by atoms with Crippen LogP contribution in [0, 0.1) is 0 Å². The highest BCUT2D eigenvalue weighted by Gasteiger charge is 2.34. The van der Waals surface area contributed by atoms with E-state index in [1.807, 2.05) is 12.1 Å². The molecule has 0 spiro atoms. The standard InChI is InChI=1S/C21H18N2O4S2/c1-3-12-27-15-10-8-14(9-11-15)13-18-20(25)23(21(28)29-18)22-19(24)16-6-4-5-7-17(16)26-2/h3-11,13H,1,12H2,2H3,(H,22,24)/b18-13-. The molecule has 2 amide bonds. The van der Waals surface area contributed by atoms with Gasteiger partial charge >= 0.3 is 0 Å². The predicted octanol–water partition coefficient (Wildman–Crippen LogP) is 3.81. The van der Waals surface area contributed by atoms with Gasteiger partial charge in [-0.2, -0.15) is 5.01 Å². The zero-order valence-electron chi connectivity index (χ0n) is 15.6. The van der Waals surface area contributed by atoms with Gasteiger partial charge in [0.15, 0.2) is 4.32 Å². The molecule has 1 heterocycles. The maximum Gasteiger partial charge on any atom is 0.285 e. The van der Waals surface area contributed by atoms with Gasteiger partial charge in [-0.05, 0) is 48.1 Å². The summed E-state index contributed by atoms with van der Waals surface area (Å²) in [5.41, 5.74) is 3.67. The molecule has 1 N–H and O–H groups in total. The maximum atomic E-state index is 12.7. The van der Waals surface area contributed by atoms with Crippen LogP contribution in [-0.2, 0) is 4.79 Å². The summed E-state index contributed by atoms with van der Waals surface area (Å²) in [6.45, 7) is 4.03. The Kier molecular flexibility index (Phi) is 6.69. The highest BCUT2D eigenvalue weighted by Crippen LogP contribution is 2.32. The van der Waals surface area contributed by atoms with Crippen LogP contribution < -0.4 is 14.9 Å². The summed E-state index contributed by atoms with van der Waals surface area (Å²) in [5, 5.41) is 1.07. The summed E-state index contributed by atoms with van der Waals surface area (Å²) in [4.78, 5) is 25.7. The van der Waals surface area contributed by atoms with Crippen molar-refractivity contribution in [1.82, 2.24) is 10.4 Å². The van der Waals surface area contributed by atoms with Crippen LogP contribution in [0.1, 0.15) is 15.9 Å². The molecule has 0 unspecified atom stereocenters. The van der Waals surface area contributed by atoms with Crippen LogP contribution in [0.5, 0.6) is 11.5 Å². The van der Waals surface area contributed by atoms with E-state index < -0.39 is 11.8 Å². The van der Waals surface area contributed by atoms with E-state index in [-0.39, 0.29) is 4.32 Å². The second kappa shape index (κ2) is 9.40. The van der Waals surface area contributed by atoms with Gasteiger partial charge in [-0.15, -0.1) is 0 Å². The fourth-order valence-corrected chi connectivity index (χ4v) is 3.70. The summed E-state index contributed by atoms with van der Waals surface area (Å²) in [6.07, 6.45) is 3.38. The first-order valence-electron chi connectivity index (χ1n) is 8.59. The normalized spacial score (nSPS) is 14.8. The molecule has 0 bridgehead atoms. The van der Waals surface area contributed by atoms with Crippen LogP contribution in [-0.4, -0.2) is 34.9 Å². The van der Waals surface area contributed by atoms with Gasteiger partial charge < -0.3 is 9.47 Å². The number of rotatable bonds is 7. The SMILES string of the molecule is C=CCOc1ccc(/C=C2\SC(=S)N(NC(=O)c3ccccc3OC)C2=O)cc1. The minimum absolute atomic E-state index is 0.246. The van der Waals surface area contributed by atoms with Gasteiger partial charge in [-0.1, -0.05) is 48.7 Å². The number of hydrogen-bond acceptors (Lipinski definition) is 6. The zero-order valence-corrected chi connectivity index (χ0v) is 17.2. The van der Waals surface area contributed by atoms with Gasteiger partial charge in [0.1, 0.15) is 18.1 Å². The Bertz CT molecular complexity index is 986. The number of nitrogens with one attached hydrogen (secondary N) is 1. The summed E-state index contributed by atoms with van der Waals surface area (Å²) in [7, 11) is 1.47. The molecule has 0 aliphatic carbocycles. The van der Waals surface area contributed by atoms with E-state index in [9.17, 15) is 9.59 Å². The van der Waals surface area contributed by atoms with Crippen molar-refractivity contribution in [3.8, 4) is 11.5 Å². The van der Waals surface area contributed by atoms with Gasteiger partial charge in [0.2, 0.25) is 0 Å². The number of nitrogens with zero attached hydrogens (tertiary/aromatic N) is 1. The first-order valence-corrected chi connectivity index (χ1v) is 9.81. The highest BCUT2D eigenvalue weighted by atomic mass is 32.2. The molecule has 1 aliphatic heterocycles. The zero-order chi connectivity index (χ0) is 20.8. The van der Waals surface area contributed by atoms with Crippen LogP contribution in [0.25, 0.3) is 6.08 Å². The molecule has 0 atom stereocenters. The molecule has 1 aliphatic rings. The summed E-state index contributed by atoms with van der Waals surface area (Å²) in [6, 6.07) is 14.0. The lowest BCUT2D eigenvalue weighted by Crippen LogP contribution is -2.44. The Morgan fingerprint density at radius 1 is 1.24 bits per heavy atom. The van der Waals surface area contributed by atoms with Crippen molar-refractivity contribution in [1.29, 1.82) is 0 Å². The van der Waals surface area contributed by atoms with E-state index in [2.05, 4.69) is 12.0 Å². The number of hydrazine groups is 1. The molecular formula is C21H18N2O4S2. The molecule has 3 rings (SSSR count). The van der Waals surface area contributed by atoms with Crippen LogP contribution in [0.15, 0.2) is 66.1 Å². The summed E-state index contributed by atoms with van der Waals surface area (Å²) < 4.78 is 10.9. The van der Waals surface area contributed by atoms with E-state index >= 15 is 0 Å². The first-order chi connectivity index (χ1) is 14.0. The molecular weight excluding hydrogens is 408 g/mol. The average molecular weight is 427 g/mol. The fourth-order valence-electron chi connectivity index (χ4n) is 2.52. The Morgan fingerprint density at radius 2 is 1.97 bits per heavy atom. The molecule has 1 saturated heterocycles. The topological polar surface area (TPSA) is 67.9 Å². The van der Waals surface area contributed by atoms with Gasteiger partial charge in [-0.25, -0.2) is 0 Å². The molecule has 0 aromatic heterocycles. The maximum absolute atomic E-state index is 12.7. The van der Waals surface area contributed by atoms with Crippen LogP contribution in [0.2, 0.25) is 0 Å². The van der Waals surface area contributed by atoms with Crippen molar-refractivity contribution in [2.24, 2.45) is 0 Å². The Hall–Kier alpha value is -3.10. The number of para-hydroxylation sites is 1. The van der Waals surface area contributed by atoms with Crippen LogP contribution in [0.4, 0.5) is 0 Å². The Morgan fingerprint density at radius 3 is 2.66 bits per heavy atom. The molecule has 8 heteroatoms. The third-order valence-electron chi connectivity index (χ3n) is 3.90. The van der Waals surface area contributed by atoms with Gasteiger partial charge in [-0.3, -0.25) is 15.0 Å². The number of ether oxygens (including phenoxy) is 2. The minimum atomic E-state index is -0.483. The minimum Gasteiger partial charge on any atom is -0.496 e. The number of carbonyl (C=O) groups excluding carboxylic acids is 2. The van der Waals surface area contributed by atoms with Crippen molar-refractivity contribution < 1.29 is 19.1 Å². The van der Waals surface area contributed by atoms with Gasteiger partial charge in [0.05, 0.1) is 17.6 Å². The van der Waals surface area contributed by atoms with Crippen molar-refractivity contribution in [2.75, 3.05) is 13.7 Å². The molecule has 0 saturated carbocycles. The van der Waals surface area contributed by atoms with Crippen molar-refractivity contribution in [3.63, 3.8) is 0 Å². The second-order valence-electron chi connectivity index (χ2n) is 5.83. The number of thiocarbonyl (C=S) groups is 1. The highest BCUT2D eigenvalue weighted by molar-refractivity contribution is 8.26. The quantitative estimate of drug-likeness (QED) is 0.413.